The minimum atomic E-state index is -3.66. The van der Waals surface area contributed by atoms with Gasteiger partial charge in [-0.2, -0.15) is 0 Å². The molecule has 1 N–H and O–H groups in total. The topological polar surface area (TPSA) is 94.6 Å². The van der Waals surface area contributed by atoms with Gasteiger partial charge in [0.2, 0.25) is 10.8 Å². The summed E-state index contributed by atoms with van der Waals surface area (Å²) in [5, 5.41) is 0.605. The van der Waals surface area contributed by atoms with Gasteiger partial charge in [0.05, 0.1) is 13.0 Å². The molecule has 148 valence electrons. The lowest BCUT2D eigenvalue weighted by atomic mass is 9.91. The van der Waals surface area contributed by atoms with Gasteiger partial charge in [0.1, 0.15) is 5.60 Å². The number of amides is 1. The number of pyridine rings is 1. The van der Waals surface area contributed by atoms with Crippen LogP contribution in [0, 0.1) is 0 Å². The average molecular weight is 422 g/mol. The predicted octanol–water partition coefficient (Wildman–Crippen LogP) is 2.22. The highest BCUT2D eigenvalue weighted by atomic mass is 35.5. The molecule has 1 fully saturated rings. The van der Waals surface area contributed by atoms with E-state index >= 15 is 0 Å². The molecule has 2 aromatic rings. The Morgan fingerprint density at radius 1 is 1.32 bits per heavy atom. The van der Waals surface area contributed by atoms with E-state index in [1.165, 1.54) is 12.3 Å². The summed E-state index contributed by atoms with van der Waals surface area (Å²) in [4.78, 5) is 18.6. The monoisotopic (exact) mass is 421 g/mol. The molecule has 0 aliphatic carbocycles. The second-order valence-corrected chi connectivity index (χ2v) is 9.28. The van der Waals surface area contributed by atoms with Gasteiger partial charge in [-0.25, -0.2) is 4.98 Å². The number of carbonyl (C=O) groups excluding carboxylic acids is 1. The van der Waals surface area contributed by atoms with E-state index < -0.39 is 16.0 Å². The molecule has 9 heteroatoms. The molecule has 1 unspecified atom stereocenters. The maximum absolute atomic E-state index is 12.6. The van der Waals surface area contributed by atoms with Crippen LogP contribution in [0.15, 0.2) is 47.5 Å². The van der Waals surface area contributed by atoms with Crippen LogP contribution in [0.25, 0.3) is 0 Å². The number of halogens is 1. The molecule has 0 radical (unpaired) electrons. The Morgan fingerprint density at radius 2 is 2.11 bits per heavy atom. The highest BCUT2D eigenvalue weighted by Gasteiger charge is 2.44. The van der Waals surface area contributed by atoms with Crippen LogP contribution in [0.4, 0.5) is 0 Å². The number of sulfonamides is 1. The maximum atomic E-state index is 12.6. The number of likely N-dealkylation sites (tertiary alicyclic amines) is 1. The number of ether oxygens (including phenoxy) is 1. The number of nitrogens with one attached hydrogen (secondary N) is 1. The van der Waals surface area contributed by atoms with E-state index in [-0.39, 0.29) is 29.6 Å². The van der Waals surface area contributed by atoms with E-state index in [1.807, 2.05) is 12.1 Å². The first kappa shape index (κ1) is 19.3. The van der Waals surface area contributed by atoms with Crippen molar-refractivity contribution < 1.29 is 18.3 Å². The molecule has 3 heterocycles. The maximum Gasteiger partial charge on any atom is 0.272 e. The number of hydrogen-bond acceptors (Lipinski definition) is 5. The molecule has 2 aliphatic heterocycles. The highest BCUT2D eigenvalue weighted by Crippen LogP contribution is 2.35. The van der Waals surface area contributed by atoms with Crippen LogP contribution in [-0.2, 0) is 25.8 Å². The molecule has 1 aromatic heterocycles. The third kappa shape index (κ3) is 3.91. The Labute approximate surface area is 169 Å². The van der Waals surface area contributed by atoms with Crippen LogP contribution in [0.3, 0.4) is 0 Å². The first-order valence-corrected chi connectivity index (χ1v) is 10.9. The zero-order valence-corrected chi connectivity index (χ0v) is 16.7. The van der Waals surface area contributed by atoms with Gasteiger partial charge in [-0.3, -0.25) is 4.79 Å². The molecule has 1 aromatic carbocycles. The summed E-state index contributed by atoms with van der Waals surface area (Å²) in [5.41, 5.74) is 0.161. The standard InChI is InChI=1S/C19H20ClN3O4S/c20-15-4-1-3-14(11-15)12-17(24)23-9-6-19(7-10-23)13-22-28(25,26)16-5-2-8-21-18(16)27-19/h1-5,8,11H,6-7,9-10,12-13H2,(H-,22,25,26). The van der Waals surface area contributed by atoms with Crippen LogP contribution >= 0.6 is 11.6 Å². The first-order valence-electron chi connectivity index (χ1n) is 9.03. The van der Waals surface area contributed by atoms with E-state index in [4.69, 9.17) is 16.3 Å². The van der Waals surface area contributed by atoms with Gasteiger partial charge >= 0.3 is 0 Å². The van der Waals surface area contributed by atoms with Gasteiger partial charge in [0.15, 0.2) is 10.4 Å². The third-order valence-electron chi connectivity index (χ3n) is 5.20. The number of fused-ring (bicyclic) bond motifs is 1. The van der Waals surface area contributed by atoms with Crippen LogP contribution in [0.2, 0.25) is 5.02 Å². The molecule has 0 saturated carbocycles. The number of nitrogens with zero attached hydrogens (tertiary/aromatic N) is 2. The smallest absolute Gasteiger partial charge is 0.272 e. The first-order chi connectivity index (χ1) is 13.4. The Kier molecular flexibility index (Phi) is 5.13. The fourth-order valence-corrected chi connectivity index (χ4v) is 4.98. The normalized spacial score (nSPS) is 23.6. The Hall–Kier alpha value is -2.00. The fourth-order valence-electron chi connectivity index (χ4n) is 3.58. The lowest BCUT2D eigenvalue weighted by molar-refractivity contribution is -0.133. The summed E-state index contributed by atoms with van der Waals surface area (Å²) in [6.45, 7) is 1.13. The van der Waals surface area contributed by atoms with E-state index in [0.29, 0.717) is 31.0 Å². The Morgan fingerprint density at radius 3 is 2.86 bits per heavy atom. The minimum absolute atomic E-state index is 0.0184. The van der Waals surface area contributed by atoms with Crippen molar-refractivity contribution in [2.24, 2.45) is 0 Å². The van der Waals surface area contributed by atoms with Crippen molar-refractivity contribution >= 4 is 27.9 Å². The van der Waals surface area contributed by atoms with Crippen molar-refractivity contribution in [3.8, 4) is 5.88 Å². The number of benzene rings is 1. The zero-order chi connectivity index (χ0) is 19.8. The molecular formula is C19H20ClN3O4S. The van der Waals surface area contributed by atoms with Gasteiger partial charge in [-0.05, 0) is 23.8 Å². The molecule has 1 amide bonds. The van der Waals surface area contributed by atoms with Crippen molar-refractivity contribution in [1.29, 1.82) is 0 Å². The Balaban J connectivity index is 1.45. The number of rotatable bonds is 2. The quantitative estimate of drug-likeness (QED) is 0.750. The molecule has 4 rings (SSSR count). The summed E-state index contributed by atoms with van der Waals surface area (Å²) in [5.74, 6) is 0.135. The molecule has 1 saturated heterocycles. The highest BCUT2D eigenvalue weighted by molar-refractivity contribution is 7.95. The number of hydrogen-bond donors (Lipinski definition) is 1. The van der Waals surface area contributed by atoms with Crippen molar-refractivity contribution in [1.82, 2.24) is 14.6 Å². The summed E-state index contributed by atoms with van der Waals surface area (Å²) in [7, 11) is -3.66. The molecule has 1 atom stereocenters. The fraction of sp³-hybridized carbons (Fsp3) is 0.368. The molecule has 28 heavy (non-hydrogen) atoms. The van der Waals surface area contributed by atoms with E-state index in [0.717, 1.165) is 5.56 Å². The third-order valence-corrected chi connectivity index (χ3v) is 6.84. The van der Waals surface area contributed by atoms with Gasteiger partial charge in [-0.15, -0.1) is 4.72 Å². The van der Waals surface area contributed by atoms with Gasteiger partial charge < -0.3 is 14.2 Å². The van der Waals surface area contributed by atoms with Crippen molar-refractivity contribution in [2.45, 2.75) is 29.8 Å². The van der Waals surface area contributed by atoms with Crippen LogP contribution < -0.4 is 9.46 Å². The summed E-state index contributed by atoms with van der Waals surface area (Å²) >= 11 is 5.99. The Bertz CT molecular complexity index is 946. The molecular weight excluding hydrogens is 402 g/mol. The van der Waals surface area contributed by atoms with E-state index in [2.05, 4.69) is 9.71 Å². The predicted molar refractivity (Wildman–Crippen MR) is 104 cm³/mol. The van der Waals surface area contributed by atoms with Gasteiger partial charge in [-0.1, -0.05) is 27.9 Å². The largest absolute Gasteiger partial charge is 0.593 e. The summed E-state index contributed by atoms with van der Waals surface area (Å²) in [6.07, 6.45) is 2.84. The van der Waals surface area contributed by atoms with Crippen molar-refractivity contribution in [3.05, 3.63) is 53.2 Å². The number of carbonyl (C=O) groups is 1. The SMILES string of the molecule is O=C(Cc1cccc(Cl)c1)N1CCC2(CC1)CN[S+](=O)([O-])c1cccnc1O2. The van der Waals surface area contributed by atoms with Crippen LogP contribution in [0.1, 0.15) is 18.4 Å². The van der Waals surface area contributed by atoms with Gasteiger partial charge in [0.25, 0.3) is 5.88 Å². The average Bonchev–Trinajstić information content (AvgIpc) is 2.77. The molecule has 1 spiro atoms. The molecule has 2 aliphatic rings. The minimum Gasteiger partial charge on any atom is -0.593 e. The second kappa shape index (κ2) is 7.44. The summed E-state index contributed by atoms with van der Waals surface area (Å²) < 4.78 is 33.5. The van der Waals surface area contributed by atoms with E-state index in [1.54, 1.807) is 23.1 Å². The second-order valence-electron chi connectivity index (χ2n) is 7.10. The number of piperidine rings is 1. The molecule has 7 nitrogen and oxygen atoms in total. The molecule has 0 bridgehead atoms. The van der Waals surface area contributed by atoms with E-state index in [9.17, 15) is 13.6 Å². The lowest BCUT2D eigenvalue weighted by Gasteiger charge is -2.40. The van der Waals surface area contributed by atoms with Crippen molar-refractivity contribution in [2.75, 3.05) is 19.6 Å². The van der Waals surface area contributed by atoms with Crippen LogP contribution in [-0.4, -0.2) is 45.6 Å². The van der Waals surface area contributed by atoms with Crippen molar-refractivity contribution in [3.63, 3.8) is 0 Å². The zero-order valence-electron chi connectivity index (χ0n) is 15.1. The summed E-state index contributed by atoms with van der Waals surface area (Å²) in [6, 6.07) is 10.3. The van der Waals surface area contributed by atoms with Gasteiger partial charge in [0, 0.05) is 43.2 Å². The number of aromatic nitrogens is 1. The lowest BCUT2D eigenvalue weighted by Crippen LogP contribution is -2.54. The van der Waals surface area contributed by atoms with Crippen LogP contribution in [0.5, 0.6) is 5.88 Å².